The van der Waals surface area contributed by atoms with Gasteiger partial charge in [0, 0.05) is 18.7 Å². The Kier molecular flexibility index (Phi) is 4.33. The molecule has 1 amide bonds. The predicted molar refractivity (Wildman–Crippen MR) is 79.8 cm³/mol. The lowest BCUT2D eigenvalue weighted by molar-refractivity contribution is -0.129. The molecule has 0 spiro atoms. The van der Waals surface area contributed by atoms with Gasteiger partial charge in [0.25, 0.3) is 0 Å². The summed E-state index contributed by atoms with van der Waals surface area (Å²) in [4.78, 5) is 14.4. The standard InChI is InChI=1S/C16H24N2O2/c1-12-4-5-14(20-3)13(8-12)9-15(19)18-7-6-16(2,10-17)11-18/h4-5,8H,6-7,9-11,17H2,1-3H3. The molecule has 1 aromatic rings. The van der Waals surface area contributed by atoms with Crippen molar-refractivity contribution < 1.29 is 9.53 Å². The predicted octanol–water partition coefficient (Wildman–Crippen LogP) is 1.74. The molecule has 20 heavy (non-hydrogen) atoms. The van der Waals surface area contributed by atoms with Gasteiger partial charge in [-0.15, -0.1) is 0 Å². The highest BCUT2D eigenvalue weighted by molar-refractivity contribution is 5.80. The molecule has 1 unspecified atom stereocenters. The maximum Gasteiger partial charge on any atom is 0.227 e. The van der Waals surface area contributed by atoms with Gasteiger partial charge < -0.3 is 15.4 Å². The van der Waals surface area contributed by atoms with Gasteiger partial charge in [-0.1, -0.05) is 24.6 Å². The number of aryl methyl sites for hydroxylation is 1. The van der Waals surface area contributed by atoms with Crippen molar-refractivity contribution in [1.82, 2.24) is 4.90 Å². The van der Waals surface area contributed by atoms with Crippen LogP contribution in [0.5, 0.6) is 5.75 Å². The number of carbonyl (C=O) groups excluding carboxylic acids is 1. The largest absolute Gasteiger partial charge is 0.496 e. The Labute approximate surface area is 120 Å². The van der Waals surface area contributed by atoms with Crippen LogP contribution in [0.3, 0.4) is 0 Å². The second-order valence-electron chi connectivity index (χ2n) is 6.07. The monoisotopic (exact) mass is 276 g/mol. The molecule has 0 aliphatic carbocycles. The number of nitrogens with zero attached hydrogens (tertiary/aromatic N) is 1. The molecule has 1 aromatic carbocycles. The van der Waals surface area contributed by atoms with Gasteiger partial charge in [-0.05, 0) is 31.4 Å². The summed E-state index contributed by atoms with van der Waals surface area (Å²) in [6.07, 6.45) is 1.38. The number of ether oxygens (including phenoxy) is 1. The fourth-order valence-electron chi connectivity index (χ4n) is 2.72. The summed E-state index contributed by atoms with van der Waals surface area (Å²) in [7, 11) is 1.64. The molecule has 4 nitrogen and oxygen atoms in total. The van der Waals surface area contributed by atoms with Crippen molar-refractivity contribution in [2.45, 2.75) is 26.7 Å². The van der Waals surface area contributed by atoms with Crippen LogP contribution in [-0.4, -0.2) is 37.6 Å². The van der Waals surface area contributed by atoms with Gasteiger partial charge in [0.2, 0.25) is 5.91 Å². The van der Waals surface area contributed by atoms with E-state index in [2.05, 4.69) is 6.92 Å². The molecule has 4 heteroatoms. The lowest BCUT2D eigenvalue weighted by Crippen LogP contribution is -2.35. The van der Waals surface area contributed by atoms with Crippen LogP contribution in [0.1, 0.15) is 24.5 Å². The molecular formula is C16H24N2O2. The average Bonchev–Trinajstić information content (AvgIpc) is 2.83. The van der Waals surface area contributed by atoms with Crippen LogP contribution in [0.25, 0.3) is 0 Å². The van der Waals surface area contributed by atoms with Crippen molar-refractivity contribution in [2.24, 2.45) is 11.1 Å². The van der Waals surface area contributed by atoms with Crippen LogP contribution in [-0.2, 0) is 11.2 Å². The Morgan fingerprint density at radius 2 is 2.25 bits per heavy atom. The zero-order valence-corrected chi connectivity index (χ0v) is 12.6. The first-order valence-electron chi connectivity index (χ1n) is 7.09. The summed E-state index contributed by atoms with van der Waals surface area (Å²) in [6.45, 7) is 6.37. The van der Waals surface area contributed by atoms with E-state index >= 15 is 0 Å². The number of amides is 1. The molecule has 110 valence electrons. The second-order valence-corrected chi connectivity index (χ2v) is 6.07. The number of benzene rings is 1. The van der Waals surface area contributed by atoms with Gasteiger partial charge >= 0.3 is 0 Å². The first kappa shape index (κ1) is 14.9. The maximum absolute atomic E-state index is 12.4. The molecule has 2 N–H and O–H groups in total. The molecule has 1 aliphatic heterocycles. The highest BCUT2D eigenvalue weighted by Gasteiger charge is 2.34. The molecule has 1 aliphatic rings. The van der Waals surface area contributed by atoms with Crippen LogP contribution in [0, 0.1) is 12.3 Å². The van der Waals surface area contributed by atoms with Gasteiger partial charge in [0.1, 0.15) is 5.75 Å². The molecule has 0 aromatic heterocycles. The molecule has 1 atom stereocenters. The van der Waals surface area contributed by atoms with E-state index < -0.39 is 0 Å². The van der Waals surface area contributed by atoms with Crippen molar-refractivity contribution in [1.29, 1.82) is 0 Å². The van der Waals surface area contributed by atoms with E-state index in [-0.39, 0.29) is 11.3 Å². The number of nitrogens with two attached hydrogens (primary N) is 1. The molecule has 2 rings (SSSR count). The number of methoxy groups -OCH3 is 1. The van der Waals surface area contributed by atoms with E-state index in [1.807, 2.05) is 30.0 Å². The molecule has 1 saturated heterocycles. The van der Waals surface area contributed by atoms with E-state index in [0.29, 0.717) is 13.0 Å². The molecule has 0 radical (unpaired) electrons. The third-order valence-electron chi connectivity index (χ3n) is 4.18. The van der Waals surface area contributed by atoms with Crippen LogP contribution >= 0.6 is 0 Å². The summed E-state index contributed by atoms with van der Waals surface area (Å²) in [5, 5.41) is 0. The maximum atomic E-state index is 12.4. The van der Waals surface area contributed by atoms with Crippen molar-refractivity contribution >= 4 is 5.91 Å². The highest BCUT2D eigenvalue weighted by atomic mass is 16.5. The lowest BCUT2D eigenvalue weighted by Gasteiger charge is -2.23. The van der Waals surface area contributed by atoms with Crippen LogP contribution in [0.15, 0.2) is 18.2 Å². The van der Waals surface area contributed by atoms with Gasteiger partial charge in [-0.25, -0.2) is 0 Å². The summed E-state index contributed by atoms with van der Waals surface area (Å²) in [5.41, 5.74) is 7.96. The summed E-state index contributed by atoms with van der Waals surface area (Å²) in [5.74, 6) is 0.941. The Hall–Kier alpha value is -1.55. The van der Waals surface area contributed by atoms with Gasteiger partial charge in [-0.2, -0.15) is 0 Å². The van der Waals surface area contributed by atoms with Crippen LogP contribution in [0.4, 0.5) is 0 Å². The minimum Gasteiger partial charge on any atom is -0.496 e. The van der Waals surface area contributed by atoms with Crippen molar-refractivity contribution in [3.05, 3.63) is 29.3 Å². The Morgan fingerprint density at radius 3 is 2.85 bits per heavy atom. The Morgan fingerprint density at radius 1 is 1.50 bits per heavy atom. The van der Waals surface area contributed by atoms with E-state index in [1.165, 1.54) is 0 Å². The van der Waals surface area contributed by atoms with Crippen molar-refractivity contribution in [3.8, 4) is 5.75 Å². The molecule has 0 bridgehead atoms. The van der Waals surface area contributed by atoms with Gasteiger partial charge in [0.05, 0.1) is 13.5 Å². The summed E-state index contributed by atoms with van der Waals surface area (Å²) in [6, 6.07) is 5.94. The van der Waals surface area contributed by atoms with E-state index in [1.54, 1.807) is 7.11 Å². The van der Waals surface area contributed by atoms with Gasteiger partial charge in [0.15, 0.2) is 0 Å². The smallest absolute Gasteiger partial charge is 0.227 e. The first-order chi connectivity index (χ1) is 9.47. The number of rotatable bonds is 4. The number of hydrogen-bond acceptors (Lipinski definition) is 3. The summed E-state index contributed by atoms with van der Waals surface area (Å²) < 4.78 is 5.34. The van der Waals surface area contributed by atoms with Crippen molar-refractivity contribution in [3.63, 3.8) is 0 Å². The van der Waals surface area contributed by atoms with Crippen LogP contribution < -0.4 is 10.5 Å². The molecule has 1 heterocycles. The normalized spacial score (nSPS) is 22.1. The first-order valence-corrected chi connectivity index (χ1v) is 7.09. The Balaban J connectivity index is 2.07. The fourth-order valence-corrected chi connectivity index (χ4v) is 2.72. The van der Waals surface area contributed by atoms with Crippen molar-refractivity contribution in [2.75, 3.05) is 26.7 Å². The molecule has 1 fully saturated rings. The number of hydrogen-bond donors (Lipinski definition) is 1. The van der Waals surface area contributed by atoms with Gasteiger partial charge in [-0.3, -0.25) is 4.79 Å². The summed E-state index contributed by atoms with van der Waals surface area (Å²) >= 11 is 0. The van der Waals surface area contributed by atoms with E-state index in [0.717, 1.165) is 36.4 Å². The SMILES string of the molecule is COc1ccc(C)cc1CC(=O)N1CCC(C)(CN)C1. The quantitative estimate of drug-likeness (QED) is 0.911. The molecule has 0 saturated carbocycles. The second kappa shape index (κ2) is 5.83. The topological polar surface area (TPSA) is 55.6 Å². The lowest BCUT2D eigenvalue weighted by atomic mass is 9.90. The minimum atomic E-state index is 0.0757. The fraction of sp³-hybridized carbons (Fsp3) is 0.562. The molecular weight excluding hydrogens is 252 g/mol. The Bertz CT molecular complexity index is 501. The third-order valence-corrected chi connectivity index (χ3v) is 4.18. The van der Waals surface area contributed by atoms with Crippen LogP contribution in [0.2, 0.25) is 0 Å². The van der Waals surface area contributed by atoms with E-state index in [4.69, 9.17) is 10.5 Å². The number of carbonyl (C=O) groups is 1. The highest BCUT2D eigenvalue weighted by Crippen LogP contribution is 2.29. The average molecular weight is 276 g/mol. The number of likely N-dealkylation sites (tertiary alicyclic amines) is 1. The zero-order chi connectivity index (χ0) is 14.8. The minimum absolute atomic E-state index is 0.0757. The third kappa shape index (κ3) is 3.12. The zero-order valence-electron chi connectivity index (χ0n) is 12.6. The van der Waals surface area contributed by atoms with E-state index in [9.17, 15) is 4.79 Å².